The first kappa shape index (κ1) is 27.1. The van der Waals surface area contributed by atoms with Crippen LogP contribution in [0.4, 0.5) is 11.4 Å². The Labute approximate surface area is 248 Å². The van der Waals surface area contributed by atoms with Crippen LogP contribution in [-0.2, 0) is 0 Å². The van der Waals surface area contributed by atoms with Crippen molar-refractivity contribution in [3.63, 3.8) is 0 Å². The van der Waals surface area contributed by atoms with Crippen LogP contribution in [0, 0.1) is 12.8 Å². The maximum atomic E-state index is 4.47. The fourth-order valence-electron chi connectivity index (χ4n) is 6.31. The Morgan fingerprint density at radius 3 is 2.76 bits per heavy atom. The highest BCUT2D eigenvalue weighted by molar-refractivity contribution is 7.20. The number of anilines is 2. The summed E-state index contributed by atoms with van der Waals surface area (Å²) in [7, 11) is 0. The van der Waals surface area contributed by atoms with Crippen LogP contribution in [-0.4, -0.2) is 0 Å². The minimum Gasteiger partial charge on any atom is -0.354 e. The monoisotopic (exact) mass is 551 g/mol. The predicted molar refractivity (Wildman–Crippen MR) is 183 cm³/mol. The average Bonchev–Trinajstić information content (AvgIpc) is 3.35. The molecule has 3 aromatic rings. The van der Waals surface area contributed by atoms with Crippen molar-refractivity contribution < 1.29 is 0 Å². The van der Waals surface area contributed by atoms with E-state index in [0.717, 1.165) is 36.2 Å². The topological polar surface area (TPSA) is 12.0 Å². The van der Waals surface area contributed by atoms with E-state index in [2.05, 4.69) is 142 Å². The Morgan fingerprint density at radius 2 is 1.88 bits per heavy atom. The molecule has 0 fully saturated rings. The van der Waals surface area contributed by atoms with Crippen LogP contribution in [0.3, 0.4) is 0 Å². The maximum Gasteiger partial charge on any atom is 0.0586 e. The molecule has 0 amide bonds. The van der Waals surface area contributed by atoms with Crippen LogP contribution in [0.5, 0.6) is 0 Å². The van der Waals surface area contributed by atoms with Gasteiger partial charge in [0.05, 0.1) is 10.4 Å². The van der Waals surface area contributed by atoms with E-state index in [0.29, 0.717) is 5.92 Å². The Hall–Kier alpha value is -4.14. The van der Waals surface area contributed by atoms with E-state index in [-0.39, 0.29) is 0 Å². The molecule has 0 spiro atoms. The quantitative estimate of drug-likeness (QED) is 0.332. The summed E-state index contributed by atoms with van der Waals surface area (Å²) in [5, 5.41) is 5.12. The third kappa shape index (κ3) is 5.33. The summed E-state index contributed by atoms with van der Waals surface area (Å²) in [6.45, 7) is 11.1. The summed E-state index contributed by atoms with van der Waals surface area (Å²) in [4.78, 5) is 1.35. The van der Waals surface area contributed by atoms with Crippen LogP contribution in [0.25, 0.3) is 27.3 Å². The van der Waals surface area contributed by atoms with Crippen molar-refractivity contribution in [3.8, 4) is 0 Å². The van der Waals surface area contributed by atoms with Gasteiger partial charge in [0, 0.05) is 21.9 Å². The summed E-state index contributed by atoms with van der Waals surface area (Å²) < 4.78 is 1.30. The van der Waals surface area contributed by atoms with Gasteiger partial charge in [-0.2, -0.15) is 0 Å². The van der Waals surface area contributed by atoms with Crippen molar-refractivity contribution in [3.05, 3.63) is 148 Å². The zero-order chi connectivity index (χ0) is 28.3. The van der Waals surface area contributed by atoms with E-state index < -0.39 is 0 Å². The third-order valence-electron chi connectivity index (χ3n) is 8.17. The van der Waals surface area contributed by atoms with Gasteiger partial charge < -0.3 is 5.32 Å². The Balaban J connectivity index is 1.48. The molecular weight excluding hydrogens is 515 g/mol. The van der Waals surface area contributed by atoms with Gasteiger partial charge in [-0.1, -0.05) is 105 Å². The lowest BCUT2D eigenvalue weighted by Crippen LogP contribution is -2.00. The molecule has 2 aromatic carbocycles. The normalized spacial score (nSPS) is 20.4. The Kier molecular flexibility index (Phi) is 7.76. The lowest BCUT2D eigenvalue weighted by Gasteiger charge is -2.19. The minimum absolute atomic E-state index is 0.329. The van der Waals surface area contributed by atoms with E-state index in [1.807, 2.05) is 11.3 Å². The molecule has 1 nitrogen and oxygen atoms in total. The number of thiophene rings is 1. The standard InChI is InChI=1S/C39H37NS/c1-5-15-31-28(4)41-39-34(31)20-14-21-37(39)40-30-22-23-32(29-17-11-7-8-12-18-29)36(25-30)35-24-27(3)38-26(2)16-10-6-9-13-19-33(35)38/h5-12,14-17,20-25,27,40H,2,13,18-19H2,1,3-4H3/b9-6-,15-5-,16-10-. The Bertz CT molecular complexity index is 1770. The summed E-state index contributed by atoms with van der Waals surface area (Å²) >= 11 is 1.86. The number of benzene rings is 2. The summed E-state index contributed by atoms with van der Waals surface area (Å²) in [6, 6.07) is 13.5. The molecule has 1 heterocycles. The number of fused-ring (bicyclic) bond motifs is 1. The molecule has 0 saturated carbocycles. The molecule has 1 unspecified atom stereocenters. The van der Waals surface area contributed by atoms with Gasteiger partial charge in [-0.25, -0.2) is 0 Å². The van der Waals surface area contributed by atoms with Gasteiger partial charge in [0.15, 0.2) is 0 Å². The second-order valence-corrected chi connectivity index (χ2v) is 12.2. The zero-order valence-electron chi connectivity index (χ0n) is 24.2. The first-order chi connectivity index (χ1) is 20.0. The molecule has 6 rings (SSSR count). The van der Waals surface area contributed by atoms with Crippen molar-refractivity contribution in [1.82, 2.24) is 0 Å². The fourth-order valence-corrected chi connectivity index (χ4v) is 7.42. The molecule has 204 valence electrons. The van der Waals surface area contributed by atoms with E-state index >= 15 is 0 Å². The predicted octanol–water partition coefficient (Wildman–Crippen LogP) is 11.7. The van der Waals surface area contributed by atoms with Crippen molar-refractivity contribution in [2.24, 2.45) is 5.92 Å². The highest BCUT2D eigenvalue weighted by Gasteiger charge is 2.27. The highest BCUT2D eigenvalue weighted by Crippen LogP contribution is 2.46. The minimum atomic E-state index is 0.329. The van der Waals surface area contributed by atoms with Crippen LogP contribution >= 0.6 is 11.3 Å². The van der Waals surface area contributed by atoms with Crippen LogP contribution in [0.1, 0.15) is 54.7 Å². The number of nitrogens with one attached hydrogen (secondary N) is 1. The lowest BCUT2D eigenvalue weighted by atomic mass is 9.87. The second kappa shape index (κ2) is 11.8. The van der Waals surface area contributed by atoms with Gasteiger partial charge in [0.2, 0.25) is 0 Å². The third-order valence-corrected chi connectivity index (χ3v) is 9.35. The van der Waals surface area contributed by atoms with Crippen molar-refractivity contribution in [2.45, 2.75) is 40.0 Å². The maximum absolute atomic E-state index is 4.47. The molecule has 0 saturated heterocycles. The summed E-state index contributed by atoms with van der Waals surface area (Å²) in [5.41, 5.74) is 12.8. The molecule has 3 aliphatic carbocycles. The van der Waals surface area contributed by atoms with Crippen LogP contribution < -0.4 is 5.32 Å². The Morgan fingerprint density at radius 1 is 1.00 bits per heavy atom. The number of aryl methyl sites for hydroxylation is 1. The number of allylic oxidation sites excluding steroid dienone is 16. The average molecular weight is 552 g/mol. The molecule has 3 aliphatic rings. The van der Waals surface area contributed by atoms with Gasteiger partial charge in [-0.05, 0) is 95.9 Å². The number of hydrogen-bond donors (Lipinski definition) is 1. The smallest absolute Gasteiger partial charge is 0.0586 e. The SMILES string of the molecule is C=C1/C=C\C=C/CCC2=C1C(C)C=C2c1cc(Nc2cccc3c(/C=C\C)c(C)sc23)ccc1C1=CC=CC=CC1. The highest BCUT2D eigenvalue weighted by atomic mass is 32.1. The molecule has 2 heteroatoms. The number of hydrogen-bond acceptors (Lipinski definition) is 2. The van der Waals surface area contributed by atoms with Gasteiger partial charge in [0.25, 0.3) is 0 Å². The second-order valence-electron chi connectivity index (χ2n) is 11.0. The van der Waals surface area contributed by atoms with E-state index in [1.165, 1.54) is 53.9 Å². The lowest BCUT2D eigenvalue weighted by molar-refractivity contribution is 0.879. The van der Waals surface area contributed by atoms with E-state index in [4.69, 9.17) is 0 Å². The van der Waals surface area contributed by atoms with Gasteiger partial charge in [-0.3, -0.25) is 0 Å². The van der Waals surface area contributed by atoms with Gasteiger partial charge in [-0.15, -0.1) is 11.3 Å². The summed E-state index contributed by atoms with van der Waals surface area (Å²) in [6.07, 6.45) is 29.4. The van der Waals surface area contributed by atoms with Gasteiger partial charge in [0.1, 0.15) is 0 Å². The molecule has 1 aromatic heterocycles. The summed E-state index contributed by atoms with van der Waals surface area (Å²) in [5.74, 6) is 0.329. The first-order valence-electron chi connectivity index (χ1n) is 14.6. The van der Waals surface area contributed by atoms with Crippen molar-refractivity contribution in [2.75, 3.05) is 5.32 Å². The largest absolute Gasteiger partial charge is 0.354 e. The zero-order valence-corrected chi connectivity index (χ0v) is 25.0. The molecule has 0 radical (unpaired) electrons. The number of rotatable bonds is 5. The van der Waals surface area contributed by atoms with Crippen molar-refractivity contribution >= 4 is 50.0 Å². The van der Waals surface area contributed by atoms with Gasteiger partial charge >= 0.3 is 0 Å². The molecule has 0 aliphatic heterocycles. The molecule has 1 N–H and O–H groups in total. The van der Waals surface area contributed by atoms with E-state index in [9.17, 15) is 0 Å². The van der Waals surface area contributed by atoms with Crippen LogP contribution in [0.2, 0.25) is 0 Å². The molecule has 1 atom stereocenters. The molecular formula is C39H37NS. The fraction of sp³-hybridized carbons (Fsp3) is 0.179. The van der Waals surface area contributed by atoms with Crippen molar-refractivity contribution in [1.29, 1.82) is 0 Å². The first-order valence-corrected chi connectivity index (χ1v) is 15.4. The molecule has 41 heavy (non-hydrogen) atoms. The molecule has 0 bridgehead atoms. The van der Waals surface area contributed by atoms with Crippen LogP contribution in [0.15, 0.2) is 127 Å². The van der Waals surface area contributed by atoms with E-state index in [1.54, 1.807) is 0 Å².